The monoisotopic (exact) mass is 365 g/mol. The highest BCUT2D eigenvalue weighted by Crippen LogP contribution is 2.32. The van der Waals surface area contributed by atoms with Crippen LogP contribution in [0, 0.1) is 6.92 Å². The molecule has 0 spiro atoms. The van der Waals surface area contributed by atoms with Crippen LogP contribution in [0.5, 0.6) is 0 Å². The van der Waals surface area contributed by atoms with Crippen LogP contribution in [0.1, 0.15) is 37.4 Å². The minimum absolute atomic E-state index is 0.369. The van der Waals surface area contributed by atoms with Gasteiger partial charge in [-0.15, -0.1) is 0 Å². The first-order valence-electron chi connectivity index (χ1n) is 7.35. The highest BCUT2D eigenvalue weighted by Gasteiger charge is 2.18. The number of nitrogens with zero attached hydrogens (tertiary/aromatic N) is 1. The minimum Gasteiger partial charge on any atom is -0.365 e. The number of benzene rings is 2. The Morgan fingerprint density at radius 1 is 1.14 bits per heavy atom. The maximum absolute atomic E-state index is 6.16. The zero-order valence-corrected chi connectivity index (χ0v) is 15.1. The van der Waals surface area contributed by atoms with Crippen LogP contribution in [0.3, 0.4) is 0 Å². The number of anilines is 1. The lowest BCUT2D eigenvalue weighted by atomic mass is 10.0. The van der Waals surface area contributed by atoms with Crippen molar-refractivity contribution < 1.29 is 0 Å². The Balaban J connectivity index is 2.39. The SMILES string of the molecule is CCC(c1cccc(Br)c1)N(CC)c1ccc(Cl)c(C)c1. The molecule has 0 fully saturated rings. The fourth-order valence-electron chi connectivity index (χ4n) is 2.74. The van der Waals surface area contributed by atoms with Gasteiger partial charge in [0.15, 0.2) is 0 Å². The number of hydrogen-bond acceptors (Lipinski definition) is 1. The standard InChI is InChI=1S/C18H21BrClN/c1-4-18(14-7-6-8-15(19)12-14)21(5-2)16-9-10-17(20)13(3)11-16/h6-12,18H,4-5H2,1-3H3. The van der Waals surface area contributed by atoms with Gasteiger partial charge in [0, 0.05) is 21.7 Å². The summed E-state index contributed by atoms with van der Waals surface area (Å²) < 4.78 is 1.13. The van der Waals surface area contributed by atoms with Gasteiger partial charge in [-0.05, 0) is 61.7 Å². The molecule has 21 heavy (non-hydrogen) atoms. The van der Waals surface area contributed by atoms with Crippen LogP contribution in [0.2, 0.25) is 5.02 Å². The first-order valence-corrected chi connectivity index (χ1v) is 8.52. The average Bonchev–Trinajstić information content (AvgIpc) is 2.47. The third-order valence-corrected chi connectivity index (χ3v) is 4.73. The van der Waals surface area contributed by atoms with Gasteiger partial charge in [0.05, 0.1) is 6.04 Å². The van der Waals surface area contributed by atoms with Crippen LogP contribution >= 0.6 is 27.5 Å². The first kappa shape index (κ1) is 16.4. The normalized spacial score (nSPS) is 12.2. The topological polar surface area (TPSA) is 3.24 Å². The second-order valence-corrected chi connectivity index (χ2v) is 6.52. The van der Waals surface area contributed by atoms with Crippen molar-refractivity contribution in [1.29, 1.82) is 0 Å². The van der Waals surface area contributed by atoms with Crippen LogP contribution in [-0.4, -0.2) is 6.54 Å². The molecule has 0 saturated carbocycles. The molecule has 3 heteroatoms. The number of hydrogen-bond donors (Lipinski definition) is 0. The molecule has 0 aliphatic heterocycles. The Morgan fingerprint density at radius 3 is 2.48 bits per heavy atom. The molecular weight excluding hydrogens is 346 g/mol. The molecule has 2 rings (SSSR count). The summed E-state index contributed by atoms with van der Waals surface area (Å²) in [5.41, 5.74) is 3.68. The molecule has 2 aromatic rings. The molecule has 0 heterocycles. The van der Waals surface area contributed by atoms with Gasteiger partial charge in [0.25, 0.3) is 0 Å². The average molecular weight is 367 g/mol. The molecule has 0 aromatic heterocycles. The van der Waals surface area contributed by atoms with E-state index in [1.807, 2.05) is 6.07 Å². The Bertz CT molecular complexity index is 612. The second-order valence-electron chi connectivity index (χ2n) is 5.20. The van der Waals surface area contributed by atoms with Crippen molar-refractivity contribution in [3.63, 3.8) is 0 Å². The van der Waals surface area contributed by atoms with Crippen LogP contribution in [0.15, 0.2) is 46.9 Å². The molecule has 1 atom stereocenters. The van der Waals surface area contributed by atoms with Crippen molar-refractivity contribution in [2.75, 3.05) is 11.4 Å². The van der Waals surface area contributed by atoms with E-state index >= 15 is 0 Å². The fraction of sp³-hybridized carbons (Fsp3) is 0.333. The van der Waals surface area contributed by atoms with Gasteiger partial charge < -0.3 is 4.90 Å². The van der Waals surface area contributed by atoms with E-state index in [2.05, 4.69) is 78.0 Å². The number of aryl methyl sites for hydroxylation is 1. The minimum atomic E-state index is 0.369. The Kier molecular flexibility index (Phi) is 5.72. The second kappa shape index (κ2) is 7.33. The number of halogens is 2. The Hall–Kier alpha value is -0.990. The van der Waals surface area contributed by atoms with Gasteiger partial charge >= 0.3 is 0 Å². The lowest BCUT2D eigenvalue weighted by Crippen LogP contribution is -2.28. The quantitative estimate of drug-likeness (QED) is 0.592. The van der Waals surface area contributed by atoms with Crippen molar-refractivity contribution in [3.8, 4) is 0 Å². The third-order valence-electron chi connectivity index (χ3n) is 3.81. The maximum Gasteiger partial charge on any atom is 0.0540 e. The first-order chi connectivity index (χ1) is 10.1. The van der Waals surface area contributed by atoms with Gasteiger partial charge in [-0.25, -0.2) is 0 Å². The molecule has 2 aromatic carbocycles. The van der Waals surface area contributed by atoms with Crippen molar-refractivity contribution >= 4 is 33.2 Å². The van der Waals surface area contributed by atoms with E-state index in [9.17, 15) is 0 Å². The highest BCUT2D eigenvalue weighted by atomic mass is 79.9. The Morgan fingerprint density at radius 2 is 1.90 bits per heavy atom. The molecule has 0 bridgehead atoms. The summed E-state index contributed by atoms with van der Waals surface area (Å²) in [6.45, 7) is 7.45. The van der Waals surface area contributed by atoms with E-state index < -0.39 is 0 Å². The predicted molar refractivity (Wildman–Crippen MR) is 96.4 cm³/mol. The zero-order valence-electron chi connectivity index (χ0n) is 12.7. The van der Waals surface area contributed by atoms with E-state index in [-0.39, 0.29) is 0 Å². The van der Waals surface area contributed by atoms with Gasteiger partial charge in [-0.3, -0.25) is 0 Å². The van der Waals surface area contributed by atoms with Gasteiger partial charge in [0.1, 0.15) is 0 Å². The van der Waals surface area contributed by atoms with Crippen LogP contribution < -0.4 is 4.90 Å². The van der Waals surface area contributed by atoms with E-state index in [0.717, 1.165) is 28.0 Å². The van der Waals surface area contributed by atoms with E-state index in [1.165, 1.54) is 11.3 Å². The largest absolute Gasteiger partial charge is 0.365 e. The fourth-order valence-corrected chi connectivity index (χ4v) is 3.27. The van der Waals surface area contributed by atoms with Gasteiger partial charge in [-0.1, -0.05) is 46.6 Å². The molecule has 0 N–H and O–H groups in total. The molecular formula is C18H21BrClN. The van der Waals surface area contributed by atoms with E-state index in [1.54, 1.807) is 0 Å². The number of rotatable bonds is 5. The van der Waals surface area contributed by atoms with Crippen molar-refractivity contribution in [2.24, 2.45) is 0 Å². The molecule has 112 valence electrons. The lowest BCUT2D eigenvalue weighted by Gasteiger charge is -2.33. The summed E-state index contributed by atoms with van der Waals surface area (Å²) >= 11 is 9.73. The molecule has 0 amide bonds. The van der Waals surface area contributed by atoms with Gasteiger partial charge in [-0.2, -0.15) is 0 Å². The van der Waals surface area contributed by atoms with E-state index in [4.69, 9.17) is 11.6 Å². The molecule has 0 radical (unpaired) electrons. The van der Waals surface area contributed by atoms with Crippen LogP contribution in [-0.2, 0) is 0 Å². The lowest BCUT2D eigenvalue weighted by molar-refractivity contribution is 0.615. The molecule has 1 unspecified atom stereocenters. The van der Waals surface area contributed by atoms with Gasteiger partial charge in [0.2, 0.25) is 0 Å². The molecule has 0 aliphatic rings. The molecule has 0 saturated heterocycles. The van der Waals surface area contributed by atoms with Crippen LogP contribution in [0.25, 0.3) is 0 Å². The third kappa shape index (κ3) is 3.81. The highest BCUT2D eigenvalue weighted by molar-refractivity contribution is 9.10. The Labute approximate surface area is 141 Å². The summed E-state index contributed by atoms with van der Waals surface area (Å²) in [5, 5.41) is 0.824. The molecule has 0 aliphatic carbocycles. The summed E-state index contributed by atoms with van der Waals surface area (Å²) in [6, 6.07) is 15.2. The van der Waals surface area contributed by atoms with E-state index in [0.29, 0.717) is 6.04 Å². The summed E-state index contributed by atoms with van der Waals surface area (Å²) in [5.74, 6) is 0. The van der Waals surface area contributed by atoms with Crippen LogP contribution in [0.4, 0.5) is 5.69 Å². The summed E-state index contributed by atoms with van der Waals surface area (Å²) in [4.78, 5) is 2.44. The smallest absolute Gasteiger partial charge is 0.0540 e. The maximum atomic E-state index is 6.16. The molecule has 1 nitrogen and oxygen atoms in total. The van der Waals surface area contributed by atoms with Crippen molar-refractivity contribution in [2.45, 2.75) is 33.2 Å². The van der Waals surface area contributed by atoms with Crippen molar-refractivity contribution in [3.05, 3.63) is 63.1 Å². The predicted octanol–water partition coefficient (Wildman–Crippen LogP) is 6.39. The summed E-state index contributed by atoms with van der Waals surface area (Å²) in [7, 11) is 0. The van der Waals surface area contributed by atoms with Crippen molar-refractivity contribution in [1.82, 2.24) is 0 Å². The zero-order chi connectivity index (χ0) is 15.4. The summed E-state index contributed by atoms with van der Waals surface area (Å²) in [6.07, 6.45) is 1.06.